The predicted molar refractivity (Wildman–Crippen MR) is 138 cm³/mol. The van der Waals surface area contributed by atoms with E-state index in [1.54, 1.807) is 24.3 Å². The molecule has 1 aliphatic heterocycles. The van der Waals surface area contributed by atoms with Gasteiger partial charge in [0, 0.05) is 30.9 Å². The number of amides is 1. The lowest BCUT2D eigenvalue weighted by Crippen LogP contribution is -2.51. The molecule has 1 aliphatic rings. The van der Waals surface area contributed by atoms with Crippen molar-refractivity contribution >= 4 is 44.6 Å². The number of carbonyl (C=O) groups is 1. The highest BCUT2D eigenvalue weighted by Gasteiger charge is 2.31. The van der Waals surface area contributed by atoms with Gasteiger partial charge < -0.3 is 9.80 Å². The van der Waals surface area contributed by atoms with Crippen LogP contribution in [0.5, 0.6) is 0 Å². The molecule has 5 nitrogen and oxygen atoms in total. The van der Waals surface area contributed by atoms with Gasteiger partial charge in [0.15, 0.2) is 9.84 Å². The van der Waals surface area contributed by atoms with Gasteiger partial charge in [-0.25, -0.2) is 8.42 Å². The summed E-state index contributed by atoms with van der Waals surface area (Å²) < 4.78 is 23.4. The summed E-state index contributed by atoms with van der Waals surface area (Å²) in [5.74, 6) is 0.000669. The van der Waals surface area contributed by atoms with Crippen LogP contribution in [0.3, 0.4) is 0 Å². The molecule has 3 aromatic carbocycles. The molecule has 0 spiro atoms. The molecule has 0 bridgehead atoms. The molecular weight excluding hydrogens is 491 g/mol. The van der Waals surface area contributed by atoms with Crippen LogP contribution in [0.1, 0.15) is 22.7 Å². The molecule has 0 aromatic heterocycles. The van der Waals surface area contributed by atoms with Crippen molar-refractivity contribution in [3.8, 4) is 0 Å². The van der Waals surface area contributed by atoms with Crippen LogP contribution in [0.4, 0.5) is 5.69 Å². The van der Waals surface area contributed by atoms with E-state index in [2.05, 4.69) is 4.90 Å². The normalized spacial score (nSPS) is 16.5. The molecule has 1 heterocycles. The SMILES string of the molecule is Cc1ccc(N2CCN(C(=O)Cc3ccc(S(C)(=O)=O)cc3)CC2c2ccc(Cl)cc2)c(Cl)c1. The molecule has 178 valence electrons. The fraction of sp³-hybridized carbons (Fsp3) is 0.269. The van der Waals surface area contributed by atoms with Crippen LogP contribution in [0.2, 0.25) is 10.0 Å². The van der Waals surface area contributed by atoms with E-state index in [4.69, 9.17) is 23.2 Å². The van der Waals surface area contributed by atoms with Gasteiger partial charge in [0.05, 0.1) is 28.1 Å². The van der Waals surface area contributed by atoms with Crippen molar-refractivity contribution in [1.82, 2.24) is 4.90 Å². The standard InChI is InChI=1S/C26H26Cl2N2O3S/c1-18-3-12-24(23(28)15-18)30-14-13-29(17-25(30)20-6-8-21(27)9-7-20)26(31)16-19-4-10-22(11-5-19)34(2,32)33/h3-12,15,25H,13-14,16-17H2,1-2H3. The van der Waals surface area contributed by atoms with Gasteiger partial charge in [-0.15, -0.1) is 0 Å². The van der Waals surface area contributed by atoms with Gasteiger partial charge >= 0.3 is 0 Å². The first-order valence-electron chi connectivity index (χ1n) is 11.0. The molecule has 1 saturated heterocycles. The summed E-state index contributed by atoms with van der Waals surface area (Å²) in [6.45, 7) is 3.71. The zero-order valence-electron chi connectivity index (χ0n) is 19.0. The van der Waals surface area contributed by atoms with Crippen LogP contribution < -0.4 is 4.90 Å². The van der Waals surface area contributed by atoms with Crippen LogP contribution >= 0.6 is 23.2 Å². The van der Waals surface area contributed by atoms with Crippen LogP contribution in [-0.2, 0) is 21.1 Å². The summed E-state index contributed by atoms with van der Waals surface area (Å²) in [4.78, 5) is 17.5. The second-order valence-corrected chi connectivity index (χ2v) is 11.5. The highest BCUT2D eigenvalue weighted by atomic mass is 35.5. The Hall–Kier alpha value is -2.54. The molecule has 4 rings (SSSR count). The Morgan fingerprint density at radius 2 is 1.65 bits per heavy atom. The lowest BCUT2D eigenvalue weighted by molar-refractivity contribution is -0.131. The number of hydrogen-bond acceptors (Lipinski definition) is 4. The molecule has 0 radical (unpaired) electrons. The Labute approximate surface area is 210 Å². The van der Waals surface area contributed by atoms with Gasteiger partial charge in [0.25, 0.3) is 0 Å². The number of aryl methyl sites for hydroxylation is 1. The van der Waals surface area contributed by atoms with E-state index < -0.39 is 9.84 Å². The minimum absolute atomic E-state index is 0.000669. The number of carbonyl (C=O) groups excluding carboxylic acids is 1. The lowest BCUT2D eigenvalue weighted by atomic mass is 10.00. The molecule has 3 aromatic rings. The summed E-state index contributed by atoms with van der Waals surface area (Å²) in [5, 5.41) is 1.34. The van der Waals surface area contributed by atoms with E-state index in [1.807, 2.05) is 54.3 Å². The van der Waals surface area contributed by atoms with Crippen molar-refractivity contribution in [2.45, 2.75) is 24.3 Å². The highest BCUT2D eigenvalue weighted by Crippen LogP contribution is 2.36. The van der Waals surface area contributed by atoms with Crippen LogP contribution in [-0.4, -0.2) is 45.1 Å². The van der Waals surface area contributed by atoms with E-state index in [-0.39, 0.29) is 23.3 Å². The van der Waals surface area contributed by atoms with E-state index >= 15 is 0 Å². The van der Waals surface area contributed by atoms with Gasteiger partial charge in [-0.05, 0) is 60.0 Å². The third kappa shape index (κ3) is 5.57. The van der Waals surface area contributed by atoms with Crippen molar-refractivity contribution in [1.29, 1.82) is 0 Å². The first-order chi connectivity index (χ1) is 16.1. The molecule has 34 heavy (non-hydrogen) atoms. The fourth-order valence-electron chi connectivity index (χ4n) is 4.25. The first-order valence-corrected chi connectivity index (χ1v) is 13.6. The Morgan fingerprint density at radius 3 is 2.26 bits per heavy atom. The molecule has 1 unspecified atom stereocenters. The second-order valence-electron chi connectivity index (χ2n) is 8.65. The lowest BCUT2D eigenvalue weighted by Gasteiger charge is -2.43. The number of hydrogen-bond donors (Lipinski definition) is 0. The van der Waals surface area contributed by atoms with Crippen LogP contribution in [0.25, 0.3) is 0 Å². The predicted octanol–water partition coefficient (Wildman–Crippen LogP) is 5.34. The molecule has 1 fully saturated rings. The van der Waals surface area contributed by atoms with Gasteiger partial charge in [-0.1, -0.05) is 53.5 Å². The van der Waals surface area contributed by atoms with E-state index in [9.17, 15) is 13.2 Å². The largest absolute Gasteiger partial charge is 0.360 e. The van der Waals surface area contributed by atoms with Crippen LogP contribution in [0, 0.1) is 6.92 Å². The Balaban J connectivity index is 1.57. The van der Waals surface area contributed by atoms with E-state index in [0.717, 1.165) is 22.4 Å². The zero-order valence-corrected chi connectivity index (χ0v) is 21.4. The van der Waals surface area contributed by atoms with Crippen molar-refractivity contribution in [3.05, 3.63) is 93.5 Å². The molecule has 0 aliphatic carbocycles. The van der Waals surface area contributed by atoms with Crippen molar-refractivity contribution in [3.63, 3.8) is 0 Å². The topological polar surface area (TPSA) is 57.7 Å². The average molecular weight is 517 g/mol. The van der Waals surface area contributed by atoms with Crippen molar-refractivity contribution < 1.29 is 13.2 Å². The number of sulfone groups is 1. The number of rotatable bonds is 5. The van der Waals surface area contributed by atoms with E-state index in [0.29, 0.717) is 29.7 Å². The Kier molecular flexibility index (Phi) is 7.22. The molecule has 8 heteroatoms. The van der Waals surface area contributed by atoms with E-state index in [1.165, 1.54) is 6.26 Å². The second kappa shape index (κ2) is 9.98. The Morgan fingerprint density at radius 1 is 0.971 bits per heavy atom. The summed E-state index contributed by atoms with van der Waals surface area (Å²) >= 11 is 12.7. The number of piperazine rings is 1. The van der Waals surface area contributed by atoms with Gasteiger partial charge in [0.2, 0.25) is 5.91 Å². The fourth-order valence-corrected chi connectivity index (χ4v) is 5.35. The maximum atomic E-state index is 13.2. The first kappa shape index (κ1) is 24.6. The van der Waals surface area contributed by atoms with Gasteiger partial charge in [-0.3, -0.25) is 4.79 Å². The minimum Gasteiger partial charge on any atom is -0.360 e. The third-order valence-corrected chi connectivity index (χ3v) is 7.79. The summed E-state index contributed by atoms with van der Waals surface area (Å²) in [6, 6.07) is 20.1. The summed E-state index contributed by atoms with van der Waals surface area (Å²) in [7, 11) is -3.27. The quantitative estimate of drug-likeness (QED) is 0.459. The van der Waals surface area contributed by atoms with Crippen molar-refractivity contribution in [2.24, 2.45) is 0 Å². The number of benzene rings is 3. The van der Waals surface area contributed by atoms with Gasteiger partial charge in [-0.2, -0.15) is 0 Å². The number of anilines is 1. The average Bonchev–Trinajstić information content (AvgIpc) is 2.79. The molecule has 0 saturated carbocycles. The minimum atomic E-state index is -3.27. The monoisotopic (exact) mass is 516 g/mol. The maximum Gasteiger partial charge on any atom is 0.227 e. The molecule has 1 atom stereocenters. The van der Waals surface area contributed by atoms with Gasteiger partial charge in [0.1, 0.15) is 0 Å². The summed E-state index contributed by atoms with van der Waals surface area (Å²) in [6.07, 6.45) is 1.38. The third-order valence-electron chi connectivity index (χ3n) is 6.11. The zero-order chi connectivity index (χ0) is 24.5. The smallest absolute Gasteiger partial charge is 0.227 e. The number of halogens is 2. The Bertz CT molecular complexity index is 1290. The summed E-state index contributed by atoms with van der Waals surface area (Å²) in [5.41, 5.74) is 3.86. The highest BCUT2D eigenvalue weighted by molar-refractivity contribution is 7.90. The van der Waals surface area contributed by atoms with Crippen LogP contribution in [0.15, 0.2) is 71.6 Å². The molecule has 1 amide bonds. The molecule has 0 N–H and O–H groups in total. The number of nitrogens with zero attached hydrogens (tertiary/aromatic N) is 2. The van der Waals surface area contributed by atoms with Crippen molar-refractivity contribution in [2.75, 3.05) is 30.8 Å². The molecular formula is C26H26Cl2N2O3S. The maximum absolute atomic E-state index is 13.2.